The standard InChI is InChI=1S/C18H17BrF3NO3S/c19-15-5-1-13(2-6-15)17(24)9-11-23(12-10-17)27(25,26)16-7-3-14(4-8-16)18(20,21)22/h1-8,24H,9-12H2. The van der Waals surface area contributed by atoms with E-state index in [9.17, 15) is 26.7 Å². The van der Waals surface area contributed by atoms with Crippen LogP contribution in [0.1, 0.15) is 24.0 Å². The normalized spacial score (nSPS) is 18.4. The van der Waals surface area contributed by atoms with Crippen LogP contribution in [-0.4, -0.2) is 30.9 Å². The van der Waals surface area contributed by atoms with Gasteiger partial charge in [0.25, 0.3) is 0 Å². The largest absolute Gasteiger partial charge is 0.416 e. The summed E-state index contributed by atoms with van der Waals surface area (Å²) in [5.41, 5.74) is -1.32. The predicted octanol–water partition coefficient (Wildman–Crippen LogP) is 4.14. The molecule has 1 N–H and O–H groups in total. The van der Waals surface area contributed by atoms with Gasteiger partial charge in [0.2, 0.25) is 10.0 Å². The van der Waals surface area contributed by atoms with E-state index in [-0.39, 0.29) is 30.8 Å². The Morgan fingerprint density at radius 1 is 0.963 bits per heavy atom. The Morgan fingerprint density at radius 2 is 1.48 bits per heavy atom. The zero-order chi connectivity index (χ0) is 19.9. The molecule has 1 aliphatic heterocycles. The van der Waals surface area contributed by atoms with Gasteiger partial charge in [0.1, 0.15) is 0 Å². The van der Waals surface area contributed by atoms with Crippen LogP contribution in [0.2, 0.25) is 0 Å². The fourth-order valence-electron chi connectivity index (χ4n) is 3.11. The zero-order valence-electron chi connectivity index (χ0n) is 14.1. The summed E-state index contributed by atoms with van der Waals surface area (Å²) >= 11 is 3.33. The third kappa shape index (κ3) is 4.21. The molecule has 0 radical (unpaired) electrons. The van der Waals surface area contributed by atoms with Gasteiger partial charge in [-0.3, -0.25) is 0 Å². The zero-order valence-corrected chi connectivity index (χ0v) is 16.5. The summed E-state index contributed by atoms with van der Waals surface area (Å²) < 4.78 is 65.4. The van der Waals surface area contributed by atoms with Crippen LogP contribution < -0.4 is 0 Å². The molecule has 146 valence electrons. The summed E-state index contributed by atoms with van der Waals surface area (Å²) in [6, 6.07) is 10.6. The first kappa shape index (κ1) is 20.3. The van der Waals surface area contributed by atoms with Crippen LogP contribution >= 0.6 is 15.9 Å². The molecule has 0 atom stereocenters. The van der Waals surface area contributed by atoms with E-state index in [2.05, 4.69) is 15.9 Å². The molecule has 9 heteroatoms. The van der Waals surface area contributed by atoms with Crippen LogP contribution in [0, 0.1) is 0 Å². The quantitative estimate of drug-likeness (QED) is 0.743. The molecule has 27 heavy (non-hydrogen) atoms. The van der Waals surface area contributed by atoms with E-state index in [0.717, 1.165) is 28.7 Å². The summed E-state index contributed by atoms with van der Waals surface area (Å²) in [7, 11) is -3.92. The van der Waals surface area contributed by atoms with Crippen molar-refractivity contribution in [1.29, 1.82) is 0 Å². The number of aliphatic hydroxyl groups is 1. The van der Waals surface area contributed by atoms with Gasteiger partial charge in [-0.05, 0) is 54.8 Å². The number of sulfonamides is 1. The van der Waals surface area contributed by atoms with Crippen LogP contribution in [0.5, 0.6) is 0 Å². The highest BCUT2D eigenvalue weighted by atomic mass is 79.9. The van der Waals surface area contributed by atoms with Gasteiger partial charge in [0, 0.05) is 17.6 Å². The van der Waals surface area contributed by atoms with E-state index in [1.807, 2.05) is 0 Å². The van der Waals surface area contributed by atoms with Crippen LogP contribution in [0.3, 0.4) is 0 Å². The van der Waals surface area contributed by atoms with Crippen molar-refractivity contribution in [1.82, 2.24) is 4.31 Å². The molecule has 0 aromatic heterocycles. The molecule has 3 rings (SSSR count). The number of rotatable bonds is 3. The Balaban J connectivity index is 1.75. The topological polar surface area (TPSA) is 57.6 Å². The first-order valence-electron chi connectivity index (χ1n) is 8.18. The average Bonchev–Trinajstić information content (AvgIpc) is 2.62. The SMILES string of the molecule is O=S(=O)(c1ccc(C(F)(F)F)cc1)N1CCC(O)(c2ccc(Br)cc2)CC1. The minimum Gasteiger partial charge on any atom is -0.385 e. The Labute approximate surface area is 163 Å². The van der Waals surface area contributed by atoms with Gasteiger partial charge in [-0.2, -0.15) is 17.5 Å². The molecule has 1 fully saturated rings. The number of hydrogen-bond acceptors (Lipinski definition) is 3. The highest BCUT2D eigenvalue weighted by Crippen LogP contribution is 2.36. The molecule has 1 heterocycles. The van der Waals surface area contributed by atoms with Crippen molar-refractivity contribution in [3.8, 4) is 0 Å². The van der Waals surface area contributed by atoms with Crippen molar-refractivity contribution >= 4 is 26.0 Å². The van der Waals surface area contributed by atoms with Gasteiger partial charge in [0.15, 0.2) is 0 Å². The number of piperidine rings is 1. The summed E-state index contributed by atoms with van der Waals surface area (Å²) in [4.78, 5) is -0.190. The van der Waals surface area contributed by atoms with E-state index >= 15 is 0 Å². The van der Waals surface area contributed by atoms with Gasteiger partial charge < -0.3 is 5.11 Å². The minimum atomic E-state index is -4.52. The first-order valence-corrected chi connectivity index (χ1v) is 10.4. The first-order chi connectivity index (χ1) is 12.5. The Morgan fingerprint density at radius 3 is 1.96 bits per heavy atom. The van der Waals surface area contributed by atoms with Crippen LogP contribution in [0.25, 0.3) is 0 Å². The molecule has 0 saturated carbocycles. The van der Waals surface area contributed by atoms with E-state index < -0.39 is 27.4 Å². The van der Waals surface area contributed by atoms with Crippen molar-refractivity contribution in [3.05, 3.63) is 64.1 Å². The fraction of sp³-hybridized carbons (Fsp3) is 0.333. The lowest BCUT2D eigenvalue weighted by Gasteiger charge is -2.38. The number of hydrogen-bond donors (Lipinski definition) is 1. The average molecular weight is 464 g/mol. The monoisotopic (exact) mass is 463 g/mol. The highest BCUT2D eigenvalue weighted by Gasteiger charge is 2.38. The van der Waals surface area contributed by atoms with Crippen LogP contribution in [0.4, 0.5) is 13.2 Å². The fourth-order valence-corrected chi connectivity index (χ4v) is 4.82. The second-order valence-corrected chi connectivity index (χ2v) is 9.32. The molecular formula is C18H17BrF3NO3S. The highest BCUT2D eigenvalue weighted by molar-refractivity contribution is 9.10. The maximum Gasteiger partial charge on any atom is 0.416 e. The molecule has 2 aromatic carbocycles. The molecule has 0 amide bonds. The van der Waals surface area contributed by atoms with E-state index in [1.54, 1.807) is 24.3 Å². The van der Waals surface area contributed by atoms with E-state index in [0.29, 0.717) is 5.56 Å². The molecule has 1 aliphatic rings. The molecular weight excluding hydrogens is 447 g/mol. The van der Waals surface area contributed by atoms with Crippen molar-refractivity contribution in [2.45, 2.75) is 29.5 Å². The van der Waals surface area contributed by atoms with Gasteiger partial charge in [-0.1, -0.05) is 28.1 Å². The second-order valence-electron chi connectivity index (χ2n) is 6.46. The molecule has 0 unspecified atom stereocenters. The van der Waals surface area contributed by atoms with E-state index in [1.165, 1.54) is 4.31 Å². The van der Waals surface area contributed by atoms with Crippen molar-refractivity contribution in [2.24, 2.45) is 0 Å². The molecule has 0 bridgehead atoms. The maximum atomic E-state index is 12.7. The third-order valence-electron chi connectivity index (χ3n) is 4.75. The molecule has 2 aromatic rings. The van der Waals surface area contributed by atoms with E-state index in [4.69, 9.17) is 0 Å². The van der Waals surface area contributed by atoms with Crippen LogP contribution in [0.15, 0.2) is 57.9 Å². The Bertz CT molecular complexity index is 904. The number of halogens is 4. The van der Waals surface area contributed by atoms with Gasteiger partial charge in [0.05, 0.1) is 16.1 Å². The lowest BCUT2D eigenvalue weighted by atomic mass is 9.85. The summed E-state index contributed by atoms with van der Waals surface area (Å²) in [6.07, 6.45) is -4.11. The number of alkyl halides is 3. The summed E-state index contributed by atoms with van der Waals surface area (Å²) in [5, 5.41) is 10.9. The van der Waals surface area contributed by atoms with Crippen LogP contribution in [-0.2, 0) is 21.8 Å². The number of nitrogens with zero attached hydrogens (tertiary/aromatic N) is 1. The Kier molecular flexibility index (Phi) is 5.42. The maximum absolute atomic E-state index is 12.7. The van der Waals surface area contributed by atoms with Gasteiger partial charge >= 0.3 is 6.18 Å². The molecule has 0 aliphatic carbocycles. The summed E-state index contributed by atoms with van der Waals surface area (Å²) in [6.45, 7) is 0.159. The predicted molar refractivity (Wildman–Crippen MR) is 97.5 cm³/mol. The van der Waals surface area contributed by atoms with Crippen molar-refractivity contribution in [3.63, 3.8) is 0 Å². The third-order valence-corrected chi connectivity index (χ3v) is 7.19. The summed E-state index contributed by atoms with van der Waals surface area (Å²) in [5.74, 6) is 0. The minimum absolute atomic E-state index is 0.0793. The van der Waals surface area contributed by atoms with Crippen molar-refractivity contribution < 1.29 is 26.7 Å². The molecule has 1 saturated heterocycles. The van der Waals surface area contributed by atoms with Crippen molar-refractivity contribution in [2.75, 3.05) is 13.1 Å². The molecule has 4 nitrogen and oxygen atoms in total. The second kappa shape index (κ2) is 7.20. The molecule has 0 spiro atoms. The lowest BCUT2D eigenvalue weighted by molar-refractivity contribution is -0.137. The van der Waals surface area contributed by atoms with Gasteiger partial charge in [-0.25, -0.2) is 8.42 Å². The lowest BCUT2D eigenvalue weighted by Crippen LogP contribution is -2.45. The number of benzene rings is 2. The smallest absolute Gasteiger partial charge is 0.385 e. The Hall–Kier alpha value is -1.42. The van der Waals surface area contributed by atoms with Gasteiger partial charge in [-0.15, -0.1) is 0 Å².